The maximum Gasteiger partial charge on any atom is 0.246 e. The van der Waals surface area contributed by atoms with Crippen molar-refractivity contribution in [3.63, 3.8) is 0 Å². The van der Waals surface area contributed by atoms with E-state index in [-0.39, 0.29) is 44.3 Å². The summed E-state index contributed by atoms with van der Waals surface area (Å²) in [6.07, 6.45) is 2.58. The first-order chi connectivity index (χ1) is 22.4. The largest absolute Gasteiger partial charge is 0.352 e. The quantitative estimate of drug-likeness (QED) is 0.263. The molecule has 3 aromatic carbocycles. The van der Waals surface area contributed by atoms with E-state index in [1.807, 2.05) is 42.5 Å². The molecule has 1 aliphatic heterocycles. The summed E-state index contributed by atoms with van der Waals surface area (Å²) in [6, 6.07) is 16.6. The minimum atomic E-state index is -1.27. The predicted molar refractivity (Wildman–Crippen MR) is 175 cm³/mol. The summed E-state index contributed by atoms with van der Waals surface area (Å²) < 4.78 is 26.8. The third kappa shape index (κ3) is 8.51. The smallest absolute Gasteiger partial charge is 0.246 e. The number of halogens is 2. The Bertz CT molecular complexity index is 1600. The third-order valence-electron chi connectivity index (χ3n) is 8.92. The van der Waals surface area contributed by atoms with Crippen molar-refractivity contribution in [2.24, 2.45) is 11.7 Å². The molecule has 11 heteroatoms. The Hall–Kier alpha value is -4.38. The molecule has 3 atom stereocenters. The fourth-order valence-electron chi connectivity index (χ4n) is 6.10. The highest BCUT2D eigenvalue weighted by molar-refractivity contribution is 5.96. The van der Waals surface area contributed by atoms with Crippen molar-refractivity contribution in [3.05, 3.63) is 83.7 Å². The number of benzene rings is 3. The van der Waals surface area contributed by atoms with E-state index in [2.05, 4.69) is 10.6 Å². The summed E-state index contributed by atoms with van der Waals surface area (Å²) in [6.45, 7) is 2.36. The first kappa shape index (κ1) is 34.0. The van der Waals surface area contributed by atoms with Crippen LogP contribution in [0.1, 0.15) is 44.2 Å². The summed E-state index contributed by atoms with van der Waals surface area (Å²) in [5.41, 5.74) is 6.25. The van der Waals surface area contributed by atoms with Crippen molar-refractivity contribution in [1.82, 2.24) is 20.4 Å². The highest BCUT2D eigenvalue weighted by Gasteiger charge is 2.45. The molecule has 47 heavy (non-hydrogen) atoms. The Morgan fingerprint density at radius 2 is 1.64 bits per heavy atom. The lowest BCUT2D eigenvalue weighted by atomic mass is 9.95. The number of amides is 4. The average molecular weight is 648 g/mol. The van der Waals surface area contributed by atoms with Crippen LogP contribution in [0.25, 0.3) is 10.8 Å². The molecule has 0 spiro atoms. The van der Waals surface area contributed by atoms with Crippen LogP contribution in [0.15, 0.2) is 66.7 Å². The molecule has 0 bridgehead atoms. The minimum absolute atomic E-state index is 0.0711. The van der Waals surface area contributed by atoms with E-state index in [1.165, 1.54) is 35.8 Å². The molecule has 1 heterocycles. The molecular formula is C36H43F2N5O4. The van der Waals surface area contributed by atoms with Gasteiger partial charge in [0, 0.05) is 32.5 Å². The molecule has 2 fully saturated rings. The van der Waals surface area contributed by atoms with E-state index in [0.29, 0.717) is 12.0 Å². The summed E-state index contributed by atoms with van der Waals surface area (Å²) in [4.78, 5) is 58.1. The fraction of sp³-hybridized carbons (Fsp3) is 0.444. The summed E-state index contributed by atoms with van der Waals surface area (Å²) in [5, 5.41) is 7.43. The van der Waals surface area contributed by atoms with Crippen molar-refractivity contribution in [1.29, 1.82) is 0 Å². The summed E-state index contributed by atoms with van der Waals surface area (Å²) in [5.74, 6) is -1.97. The van der Waals surface area contributed by atoms with Gasteiger partial charge in [-0.15, -0.1) is 0 Å². The van der Waals surface area contributed by atoms with E-state index in [9.17, 15) is 28.0 Å². The Morgan fingerprint density at radius 3 is 2.30 bits per heavy atom. The predicted octanol–water partition coefficient (Wildman–Crippen LogP) is 3.28. The number of rotatable bonds is 13. The zero-order valence-electron chi connectivity index (χ0n) is 26.9. The lowest BCUT2D eigenvalue weighted by molar-refractivity contribution is -0.157. The molecule has 9 nitrogen and oxygen atoms in total. The van der Waals surface area contributed by atoms with Crippen LogP contribution in [0.4, 0.5) is 8.78 Å². The van der Waals surface area contributed by atoms with E-state index in [4.69, 9.17) is 5.73 Å². The number of carbonyl (C=O) groups is 4. The van der Waals surface area contributed by atoms with Gasteiger partial charge in [0.05, 0.1) is 5.54 Å². The minimum Gasteiger partial charge on any atom is -0.352 e. The standard InChI is InChI=1S/C36H43F2N5O4/c1-36(2,39)35(47)41-29(20-23-10-13-28(38)14-11-23)33(45)43-18-17-42(34(46)31(43)21-24-7-8-24)30(32(44)40-16-15-37)22-25-9-12-26-5-3-4-6-27(26)19-25/h3-6,9-14,19,24,29-31H,7-8,15-18,20-22,39H2,1-2H3,(H,40,44)(H,41,47). The Balaban J connectivity index is 1.42. The molecule has 250 valence electrons. The Morgan fingerprint density at radius 1 is 0.957 bits per heavy atom. The SMILES string of the molecule is CC(C)(N)C(=O)NC(Cc1ccc(F)cc1)C(=O)N1CCN(C(Cc2ccc3ccccc3c2)C(=O)NCCF)C(=O)C1CC1CC1. The topological polar surface area (TPSA) is 125 Å². The maximum atomic E-state index is 14.4. The maximum absolute atomic E-state index is 14.4. The molecule has 0 aromatic heterocycles. The summed E-state index contributed by atoms with van der Waals surface area (Å²) in [7, 11) is 0. The molecule has 1 saturated heterocycles. The van der Waals surface area contributed by atoms with Crippen molar-refractivity contribution in [2.45, 2.75) is 69.6 Å². The van der Waals surface area contributed by atoms with Crippen molar-refractivity contribution < 1.29 is 28.0 Å². The number of nitrogens with zero attached hydrogens (tertiary/aromatic N) is 2. The molecule has 4 amide bonds. The second kappa shape index (κ2) is 14.6. The molecule has 4 N–H and O–H groups in total. The number of hydrogen-bond acceptors (Lipinski definition) is 5. The molecule has 0 radical (unpaired) electrons. The third-order valence-corrected chi connectivity index (χ3v) is 8.92. The normalized spacial score (nSPS) is 18.1. The second-order valence-electron chi connectivity index (χ2n) is 13.2. The lowest BCUT2D eigenvalue weighted by Crippen LogP contribution is -2.66. The first-order valence-electron chi connectivity index (χ1n) is 16.2. The van der Waals surface area contributed by atoms with Gasteiger partial charge < -0.3 is 26.2 Å². The van der Waals surface area contributed by atoms with Gasteiger partial charge in [0.2, 0.25) is 23.6 Å². The van der Waals surface area contributed by atoms with Crippen LogP contribution in [0.5, 0.6) is 0 Å². The molecule has 2 aliphatic rings. The van der Waals surface area contributed by atoms with Crippen LogP contribution < -0.4 is 16.4 Å². The van der Waals surface area contributed by atoms with E-state index in [1.54, 1.807) is 12.1 Å². The summed E-state index contributed by atoms with van der Waals surface area (Å²) >= 11 is 0. The van der Waals surface area contributed by atoms with Crippen LogP contribution >= 0.6 is 0 Å². The molecule has 5 rings (SSSR count). The van der Waals surface area contributed by atoms with Gasteiger partial charge >= 0.3 is 0 Å². The van der Waals surface area contributed by atoms with E-state index < -0.39 is 53.9 Å². The van der Waals surface area contributed by atoms with E-state index >= 15 is 0 Å². The van der Waals surface area contributed by atoms with Crippen molar-refractivity contribution in [3.8, 4) is 0 Å². The van der Waals surface area contributed by atoms with Crippen LogP contribution in [0.3, 0.4) is 0 Å². The average Bonchev–Trinajstić information content (AvgIpc) is 3.87. The lowest BCUT2D eigenvalue weighted by Gasteiger charge is -2.44. The number of piperazine rings is 1. The van der Waals surface area contributed by atoms with Gasteiger partial charge in [0.25, 0.3) is 0 Å². The number of hydrogen-bond donors (Lipinski definition) is 3. The first-order valence-corrected chi connectivity index (χ1v) is 16.2. The van der Waals surface area contributed by atoms with Crippen molar-refractivity contribution in [2.75, 3.05) is 26.3 Å². The monoisotopic (exact) mass is 647 g/mol. The molecular weight excluding hydrogens is 604 g/mol. The van der Waals surface area contributed by atoms with Crippen LogP contribution in [0.2, 0.25) is 0 Å². The van der Waals surface area contributed by atoms with Crippen molar-refractivity contribution >= 4 is 34.4 Å². The van der Waals surface area contributed by atoms with Crippen LogP contribution in [-0.4, -0.2) is 83.4 Å². The molecule has 3 aromatic rings. The van der Waals surface area contributed by atoms with Gasteiger partial charge in [-0.05, 0) is 60.2 Å². The number of carbonyl (C=O) groups excluding carboxylic acids is 4. The van der Waals surface area contributed by atoms with Gasteiger partial charge in [-0.25, -0.2) is 8.78 Å². The number of alkyl halides is 1. The molecule has 1 saturated carbocycles. The fourth-order valence-corrected chi connectivity index (χ4v) is 6.10. The van der Waals surface area contributed by atoms with Gasteiger partial charge in [-0.1, -0.05) is 67.4 Å². The zero-order valence-corrected chi connectivity index (χ0v) is 26.9. The van der Waals surface area contributed by atoms with Gasteiger partial charge in [-0.3, -0.25) is 19.2 Å². The van der Waals surface area contributed by atoms with Gasteiger partial charge in [0.15, 0.2) is 0 Å². The number of nitrogens with two attached hydrogens (primary N) is 1. The number of nitrogens with one attached hydrogen (secondary N) is 2. The highest BCUT2D eigenvalue weighted by Crippen LogP contribution is 2.36. The highest BCUT2D eigenvalue weighted by atomic mass is 19.1. The van der Waals surface area contributed by atoms with Gasteiger partial charge in [0.1, 0.15) is 30.6 Å². The van der Waals surface area contributed by atoms with E-state index in [0.717, 1.165) is 29.2 Å². The number of fused-ring (bicyclic) bond motifs is 1. The van der Waals surface area contributed by atoms with Gasteiger partial charge in [-0.2, -0.15) is 0 Å². The van der Waals surface area contributed by atoms with Crippen LogP contribution in [-0.2, 0) is 32.0 Å². The Labute approximate surface area is 273 Å². The zero-order chi connectivity index (χ0) is 33.7. The molecule has 1 aliphatic carbocycles. The second-order valence-corrected chi connectivity index (χ2v) is 13.2. The van der Waals surface area contributed by atoms with Crippen LogP contribution in [0, 0.1) is 11.7 Å². The molecule has 3 unspecified atom stereocenters. The Kier molecular flexibility index (Phi) is 10.5.